The van der Waals surface area contributed by atoms with Gasteiger partial charge in [0.25, 0.3) is 5.91 Å². The number of fused-ring (bicyclic) bond motifs is 7. The third-order valence-electron chi connectivity index (χ3n) is 12.1. The van der Waals surface area contributed by atoms with E-state index in [9.17, 15) is 42.9 Å². The van der Waals surface area contributed by atoms with Gasteiger partial charge in [0, 0.05) is 64.2 Å². The predicted octanol–water partition coefficient (Wildman–Crippen LogP) is 11.5. The molecule has 6 N–H and O–H groups in total. The van der Waals surface area contributed by atoms with Crippen molar-refractivity contribution in [2.45, 2.75) is 50.3 Å². The van der Waals surface area contributed by atoms with Crippen LogP contribution in [0.1, 0.15) is 91.9 Å². The van der Waals surface area contributed by atoms with Gasteiger partial charge >= 0.3 is 18.1 Å². The Hall–Kier alpha value is -7.63. The summed E-state index contributed by atoms with van der Waals surface area (Å²) in [6, 6.07) is 28.5. The number of carbonyl (C=O) groups excluding carboxylic acids is 2. The summed E-state index contributed by atoms with van der Waals surface area (Å²) in [6.07, 6.45) is 0.672. The summed E-state index contributed by atoms with van der Waals surface area (Å²) in [4.78, 5) is 38.9. The van der Waals surface area contributed by atoms with Crippen molar-refractivity contribution in [3.8, 4) is 34.3 Å². The maximum atomic E-state index is 14.1. The van der Waals surface area contributed by atoms with Gasteiger partial charge in [-0.2, -0.15) is 23.0 Å². The van der Waals surface area contributed by atoms with Gasteiger partial charge in [0.15, 0.2) is 10.7 Å². The lowest BCUT2D eigenvalue weighted by Gasteiger charge is -2.36. The number of alkyl halides is 3. The Morgan fingerprint density at radius 3 is 2.07 bits per heavy atom. The molecular formula is C51H41ClF3N5O8S. The number of aromatic carboxylic acids is 1. The number of carboxylic acids is 1. The first-order chi connectivity index (χ1) is 33.1. The van der Waals surface area contributed by atoms with Gasteiger partial charge in [0.05, 0.1) is 32.8 Å². The van der Waals surface area contributed by atoms with Crippen LogP contribution in [0.15, 0.2) is 115 Å². The summed E-state index contributed by atoms with van der Waals surface area (Å²) in [5, 5.41) is 44.4. The minimum absolute atomic E-state index is 0.0309. The van der Waals surface area contributed by atoms with Crippen molar-refractivity contribution in [3.63, 3.8) is 0 Å². The van der Waals surface area contributed by atoms with E-state index >= 15 is 0 Å². The number of nitrogens with zero attached hydrogens (tertiary/aromatic N) is 2. The number of aromatic nitrogens is 2. The van der Waals surface area contributed by atoms with E-state index in [-0.39, 0.29) is 33.3 Å². The number of rotatable bonds is 14. The lowest BCUT2D eigenvalue weighted by Crippen LogP contribution is -2.33. The van der Waals surface area contributed by atoms with Gasteiger partial charge in [-0.3, -0.25) is 4.79 Å². The second-order valence-electron chi connectivity index (χ2n) is 16.6. The number of benzene rings is 6. The molecule has 0 radical (unpaired) electrons. The number of phenolic OH excluding ortho intramolecular Hbond substituents is 2. The molecule has 352 valence electrons. The second-order valence-corrected chi connectivity index (χ2v) is 17.4. The van der Waals surface area contributed by atoms with Crippen molar-refractivity contribution in [2.75, 3.05) is 23.7 Å². The number of carbonyl (C=O) groups is 3. The average Bonchev–Trinajstić information content (AvgIpc) is 3.83. The summed E-state index contributed by atoms with van der Waals surface area (Å²) >= 11 is 11.8. The molecule has 1 spiro atoms. The first-order valence-electron chi connectivity index (χ1n) is 21.9. The molecule has 0 atom stereocenters. The van der Waals surface area contributed by atoms with Crippen LogP contribution in [0.4, 0.5) is 24.5 Å². The summed E-state index contributed by atoms with van der Waals surface area (Å²) in [5.74, 6) is -2.23. The Kier molecular flexibility index (Phi) is 12.7. The smallest absolute Gasteiger partial charge is 0.417 e. The molecule has 0 fully saturated rings. The highest BCUT2D eigenvalue weighted by atomic mass is 35.5. The number of aromatic hydroxyl groups is 2. The topological polar surface area (TPSA) is 184 Å². The van der Waals surface area contributed by atoms with Crippen molar-refractivity contribution in [1.82, 2.24) is 15.1 Å². The maximum absolute atomic E-state index is 14.1. The molecule has 2 aliphatic heterocycles. The highest BCUT2D eigenvalue weighted by Crippen LogP contribution is 2.57. The highest BCUT2D eigenvalue weighted by molar-refractivity contribution is 7.80. The van der Waals surface area contributed by atoms with Gasteiger partial charge in [-0.25, -0.2) is 9.59 Å². The number of nitrogens with one attached hydrogen (secondary N) is 3. The number of unbranched alkanes of at least 4 members (excludes halogenated alkanes) is 5. The van der Waals surface area contributed by atoms with Gasteiger partial charge in [0.2, 0.25) is 0 Å². The summed E-state index contributed by atoms with van der Waals surface area (Å²) in [7, 11) is 0. The van der Waals surface area contributed by atoms with Crippen LogP contribution >= 0.6 is 23.8 Å². The van der Waals surface area contributed by atoms with E-state index in [0.29, 0.717) is 74.3 Å². The fraction of sp³-hybridized carbons (Fsp3) is 0.196. The molecule has 13 nitrogen and oxygen atoms in total. The quantitative estimate of drug-likeness (QED) is 0.0344. The van der Waals surface area contributed by atoms with Gasteiger partial charge in [-0.05, 0) is 104 Å². The first kappa shape index (κ1) is 46.5. The molecule has 69 heavy (non-hydrogen) atoms. The zero-order valence-corrected chi connectivity index (χ0v) is 37.9. The van der Waals surface area contributed by atoms with Crippen molar-refractivity contribution < 1.29 is 52.3 Å². The van der Waals surface area contributed by atoms with Crippen LogP contribution in [0.5, 0.6) is 23.0 Å². The van der Waals surface area contributed by atoms with Crippen LogP contribution < -0.4 is 20.7 Å². The molecule has 3 heterocycles. The van der Waals surface area contributed by atoms with Crippen LogP contribution in [0.2, 0.25) is 5.02 Å². The second kappa shape index (κ2) is 18.8. The fourth-order valence-corrected chi connectivity index (χ4v) is 9.27. The van der Waals surface area contributed by atoms with Crippen molar-refractivity contribution in [2.24, 2.45) is 0 Å². The Morgan fingerprint density at radius 1 is 0.768 bits per heavy atom. The van der Waals surface area contributed by atoms with Gasteiger partial charge in [0.1, 0.15) is 28.7 Å². The lowest BCUT2D eigenvalue weighted by atomic mass is 9.77. The summed E-state index contributed by atoms with van der Waals surface area (Å²) < 4.78 is 55.3. The van der Waals surface area contributed by atoms with E-state index in [1.165, 1.54) is 54.6 Å². The molecule has 0 saturated carbocycles. The molecule has 0 bridgehead atoms. The summed E-state index contributed by atoms with van der Waals surface area (Å²) in [6.45, 7) is 1.22. The Labute approximate surface area is 402 Å². The van der Waals surface area contributed by atoms with Crippen molar-refractivity contribution >= 4 is 69.1 Å². The number of esters is 1. The lowest BCUT2D eigenvalue weighted by molar-refractivity contribution is -0.137. The van der Waals surface area contributed by atoms with Crippen molar-refractivity contribution in [1.29, 1.82) is 0 Å². The normalized spacial score (nSPS) is 13.2. The van der Waals surface area contributed by atoms with Crippen LogP contribution in [-0.4, -0.2) is 61.1 Å². The van der Waals surface area contributed by atoms with E-state index in [1.807, 2.05) is 0 Å². The highest BCUT2D eigenvalue weighted by Gasteiger charge is 2.53. The zero-order valence-electron chi connectivity index (χ0n) is 36.3. The monoisotopic (exact) mass is 975 g/mol. The third kappa shape index (κ3) is 9.10. The molecule has 0 saturated heterocycles. The standard InChI is InChI=1S/C51H41ClF3N5O8S/c52-40-9-7-8-39(51(53,54)55)44(40)46(63)60-41-25-30(14-18-34(41)45(59-60)28-10-12-29(13-11-28)47(64)65)56-22-5-3-1-2-4-6-23-57-49(69)58-31-15-19-36-35(24-31)48(66)68-50(36)37-20-16-32(61)26-42(37)67-43-27-33(62)17-21-38(43)50/h7-21,24-27,56,61-62H,1-6,22-23H2,(H,64,65)(H2,57,58,69). The minimum Gasteiger partial charge on any atom is -0.508 e. The first-order valence-corrected chi connectivity index (χ1v) is 22.7. The number of carboxylic acid groups (broad SMARTS) is 1. The number of hydrogen-bond donors (Lipinski definition) is 6. The predicted molar refractivity (Wildman–Crippen MR) is 257 cm³/mol. The largest absolute Gasteiger partial charge is 0.508 e. The van der Waals surface area contributed by atoms with E-state index in [2.05, 4.69) is 21.0 Å². The molecule has 6 aromatic carbocycles. The van der Waals surface area contributed by atoms with E-state index in [4.69, 9.17) is 33.3 Å². The van der Waals surface area contributed by atoms with Crippen LogP contribution in [0.3, 0.4) is 0 Å². The fourth-order valence-electron chi connectivity index (χ4n) is 8.80. The molecule has 0 unspecified atom stereocenters. The number of phenols is 2. The molecule has 0 amide bonds. The maximum Gasteiger partial charge on any atom is 0.417 e. The molecule has 9 rings (SSSR count). The number of anilines is 2. The average molecular weight is 976 g/mol. The van der Waals surface area contributed by atoms with Gasteiger partial charge in [-0.1, -0.05) is 61.5 Å². The summed E-state index contributed by atoms with van der Waals surface area (Å²) in [5.41, 5.74) is 0.899. The molecule has 7 aromatic rings. The van der Waals surface area contributed by atoms with E-state index in [1.54, 1.807) is 48.5 Å². The number of ether oxygens (including phenoxy) is 2. The molecule has 1 aromatic heterocycles. The van der Waals surface area contributed by atoms with E-state index in [0.717, 1.165) is 55.3 Å². The van der Waals surface area contributed by atoms with Crippen LogP contribution in [0, 0.1) is 0 Å². The number of halogens is 4. The van der Waals surface area contributed by atoms with Gasteiger partial charge in [-0.15, -0.1) is 0 Å². The van der Waals surface area contributed by atoms with Gasteiger partial charge < -0.3 is 40.7 Å². The Morgan fingerprint density at radius 2 is 1.41 bits per heavy atom. The molecular weight excluding hydrogens is 935 g/mol. The zero-order chi connectivity index (χ0) is 48.6. The Balaban J connectivity index is 0.767. The van der Waals surface area contributed by atoms with Crippen LogP contribution in [0.25, 0.3) is 22.2 Å². The number of thiocarbonyl (C=S) groups is 1. The molecule has 2 aliphatic rings. The van der Waals surface area contributed by atoms with Crippen molar-refractivity contribution in [3.05, 3.63) is 159 Å². The number of hydrogen-bond acceptors (Lipinski definition) is 10. The molecule has 18 heteroatoms. The Bertz CT molecular complexity index is 3150. The minimum atomic E-state index is -4.86. The van der Waals surface area contributed by atoms with E-state index < -0.39 is 40.8 Å². The van der Waals surface area contributed by atoms with Crippen LogP contribution in [-0.2, 0) is 16.5 Å². The SMILES string of the molecule is O=C(O)c1ccc(-c2nn(C(=O)c3c(Cl)cccc3C(F)(F)F)c3cc(NCCCCCCCCNC(=S)Nc4ccc5c(c4)C(=O)OC54c5ccc(O)cc5Oc5cc(O)ccc54)ccc23)cc1. The third-order valence-corrected chi connectivity index (χ3v) is 12.6. The molecule has 0 aliphatic carbocycles.